The first kappa shape index (κ1) is 15.7. The topological polar surface area (TPSA) is 97.6 Å². The molecule has 3 aliphatic rings. The van der Waals surface area contributed by atoms with Crippen LogP contribution in [-0.2, 0) is 9.47 Å². The summed E-state index contributed by atoms with van der Waals surface area (Å²) in [4.78, 5) is 0. The van der Waals surface area contributed by atoms with Crippen LogP contribution in [0.3, 0.4) is 0 Å². The van der Waals surface area contributed by atoms with Crippen LogP contribution in [-0.4, -0.2) is 40.9 Å². The molecule has 0 saturated carbocycles. The van der Waals surface area contributed by atoms with E-state index in [2.05, 4.69) is 0 Å². The molecule has 4 atom stereocenters. The molecule has 0 radical (unpaired) electrons. The number of hydrogen-bond donors (Lipinski definition) is 3. The molecule has 0 bridgehead atoms. The molecule has 2 aromatic carbocycles. The summed E-state index contributed by atoms with van der Waals surface area (Å²) in [6.07, 6.45) is -0.969. The average molecular weight is 358 g/mol. The lowest BCUT2D eigenvalue weighted by Gasteiger charge is -2.27. The zero-order chi connectivity index (χ0) is 17.9. The van der Waals surface area contributed by atoms with E-state index in [0.717, 1.165) is 5.56 Å². The normalized spacial score (nSPS) is 32.0. The van der Waals surface area contributed by atoms with Crippen molar-refractivity contribution < 1.29 is 34.3 Å². The van der Waals surface area contributed by atoms with Crippen LogP contribution >= 0.6 is 0 Å². The Morgan fingerprint density at radius 3 is 2.54 bits per heavy atom. The molecule has 0 amide bonds. The maximum atomic E-state index is 11.3. The number of fused-ring (bicyclic) bond motifs is 2. The zero-order valence-electron chi connectivity index (χ0n) is 13.8. The Balaban J connectivity index is 1.45. The minimum Gasteiger partial charge on any atom is -0.504 e. The number of phenols is 2. The highest BCUT2D eigenvalue weighted by molar-refractivity contribution is 5.46. The molecule has 5 rings (SSSR count). The molecule has 0 spiro atoms. The van der Waals surface area contributed by atoms with Gasteiger partial charge in [-0.25, -0.2) is 0 Å². The molecular formula is C19H18O7. The van der Waals surface area contributed by atoms with Gasteiger partial charge in [0.25, 0.3) is 0 Å². The number of aromatic hydroxyl groups is 2. The largest absolute Gasteiger partial charge is 0.504 e. The van der Waals surface area contributed by atoms with E-state index < -0.39 is 11.7 Å². The van der Waals surface area contributed by atoms with Gasteiger partial charge in [-0.2, -0.15) is 0 Å². The lowest BCUT2D eigenvalue weighted by atomic mass is 9.81. The number of phenolic OH excluding ortho intramolecular Hbond substituents is 2. The third-order valence-corrected chi connectivity index (χ3v) is 5.43. The Hall–Kier alpha value is -2.48. The summed E-state index contributed by atoms with van der Waals surface area (Å²) in [7, 11) is 0. The molecule has 0 aliphatic carbocycles. The number of benzene rings is 2. The van der Waals surface area contributed by atoms with Crippen LogP contribution in [0, 0.1) is 5.92 Å². The van der Waals surface area contributed by atoms with E-state index in [-0.39, 0.29) is 36.9 Å². The summed E-state index contributed by atoms with van der Waals surface area (Å²) >= 11 is 0. The van der Waals surface area contributed by atoms with Gasteiger partial charge in [0, 0.05) is 5.92 Å². The van der Waals surface area contributed by atoms with E-state index >= 15 is 0 Å². The second-order valence-electron chi connectivity index (χ2n) is 6.90. The van der Waals surface area contributed by atoms with Crippen LogP contribution in [0.4, 0.5) is 0 Å². The van der Waals surface area contributed by atoms with Gasteiger partial charge < -0.3 is 34.3 Å². The van der Waals surface area contributed by atoms with Crippen LogP contribution < -0.4 is 9.47 Å². The summed E-state index contributed by atoms with van der Waals surface area (Å²) in [5.74, 6) is 0.645. The van der Waals surface area contributed by atoms with E-state index in [1.54, 1.807) is 6.07 Å². The SMILES string of the molecule is Oc1ccc([C@@H]2OC[C@@H]3[C@H](c4ccc5c(c4)OCO5)OC[C@]32O)cc1O. The van der Waals surface area contributed by atoms with Gasteiger partial charge in [-0.15, -0.1) is 0 Å². The van der Waals surface area contributed by atoms with Crippen LogP contribution in [0.2, 0.25) is 0 Å². The summed E-state index contributed by atoms with van der Waals surface area (Å²) in [6.45, 7) is 0.637. The Kier molecular flexibility index (Phi) is 3.34. The second kappa shape index (κ2) is 5.51. The molecule has 7 nitrogen and oxygen atoms in total. The van der Waals surface area contributed by atoms with Crippen molar-refractivity contribution in [3.8, 4) is 23.0 Å². The first-order valence-corrected chi connectivity index (χ1v) is 8.43. The molecule has 3 aliphatic heterocycles. The predicted molar refractivity (Wildman–Crippen MR) is 88.2 cm³/mol. The second-order valence-corrected chi connectivity index (χ2v) is 6.90. The maximum absolute atomic E-state index is 11.3. The summed E-state index contributed by atoms with van der Waals surface area (Å²) in [6, 6.07) is 10.0. The molecule has 2 aromatic rings. The van der Waals surface area contributed by atoms with E-state index in [9.17, 15) is 15.3 Å². The van der Waals surface area contributed by atoms with Gasteiger partial charge >= 0.3 is 0 Å². The van der Waals surface area contributed by atoms with Crippen molar-refractivity contribution in [3.63, 3.8) is 0 Å². The Bertz CT molecular complexity index is 867. The fraction of sp³-hybridized carbons (Fsp3) is 0.368. The van der Waals surface area contributed by atoms with Gasteiger partial charge in [0.2, 0.25) is 6.79 Å². The minimum absolute atomic E-state index is 0.114. The number of ether oxygens (including phenoxy) is 4. The van der Waals surface area contributed by atoms with E-state index in [0.29, 0.717) is 23.7 Å². The highest BCUT2D eigenvalue weighted by Crippen LogP contribution is 2.54. The number of hydrogen-bond acceptors (Lipinski definition) is 7. The van der Waals surface area contributed by atoms with Crippen molar-refractivity contribution >= 4 is 0 Å². The van der Waals surface area contributed by atoms with Crippen LogP contribution in [0.15, 0.2) is 36.4 Å². The summed E-state index contributed by atoms with van der Waals surface area (Å²) in [5.41, 5.74) is 0.276. The van der Waals surface area contributed by atoms with Crippen LogP contribution in [0.1, 0.15) is 23.3 Å². The molecule has 136 valence electrons. The van der Waals surface area contributed by atoms with Gasteiger partial charge in [-0.3, -0.25) is 0 Å². The molecule has 26 heavy (non-hydrogen) atoms. The Labute approximate surface area is 149 Å². The van der Waals surface area contributed by atoms with Crippen molar-refractivity contribution in [1.29, 1.82) is 0 Å². The van der Waals surface area contributed by atoms with E-state index in [1.165, 1.54) is 12.1 Å². The quantitative estimate of drug-likeness (QED) is 0.707. The number of rotatable bonds is 2. The molecule has 0 aromatic heterocycles. The van der Waals surface area contributed by atoms with Gasteiger partial charge in [-0.05, 0) is 35.4 Å². The van der Waals surface area contributed by atoms with Crippen molar-refractivity contribution in [2.24, 2.45) is 5.92 Å². The summed E-state index contributed by atoms with van der Waals surface area (Å²) in [5, 5.41) is 30.5. The standard InChI is InChI=1S/C19H18O7/c20-13-3-1-11(5-14(13)21)18-19(22)8-24-17(12(19)7-23-18)10-2-4-15-16(6-10)26-9-25-15/h1-6,12,17-18,20-22H,7-9H2/t12-,17+,18+,19+/m1/s1. The lowest BCUT2D eigenvalue weighted by Crippen LogP contribution is -2.39. The minimum atomic E-state index is -1.22. The molecule has 0 unspecified atom stereocenters. The van der Waals surface area contributed by atoms with Crippen molar-refractivity contribution in [3.05, 3.63) is 47.5 Å². The van der Waals surface area contributed by atoms with Crippen molar-refractivity contribution in [2.45, 2.75) is 17.8 Å². The van der Waals surface area contributed by atoms with Crippen molar-refractivity contribution in [1.82, 2.24) is 0 Å². The zero-order valence-corrected chi connectivity index (χ0v) is 13.8. The summed E-state index contributed by atoms with van der Waals surface area (Å²) < 4.78 is 22.6. The lowest BCUT2D eigenvalue weighted by molar-refractivity contribution is -0.0628. The third-order valence-electron chi connectivity index (χ3n) is 5.43. The number of aliphatic hydroxyl groups is 1. The first-order chi connectivity index (χ1) is 12.6. The Morgan fingerprint density at radius 1 is 0.885 bits per heavy atom. The third kappa shape index (κ3) is 2.18. The smallest absolute Gasteiger partial charge is 0.231 e. The highest BCUT2D eigenvalue weighted by atomic mass is 16.7. The van der Waals surface area contributed by atoms with E-state index in [4.69, 9.17) is 18.9 Å². The molecule has 2 saturated heterocycles. The predicted octanol–water partition coefficient (Wildman–Crippen LogP) is 2.02. The van der Waals surface area contributed by atoms with Crippen molar-refractivity contribution in [2.75, 3.05) is 20.0 Å². The molecular weight excluding hydrogens is 340 g/mol. The van der Waals surface area contributed by atoms with Gasteiger partial charge in [-0.1, -0.05) is 12.1 Å². The van der Waals surface area contributed by atoms with Gasteiger partial charge in [0.1, 0.15) is 11.7 Å². The fourth-order valence-electron chi connectivity index (χ4n) is 4.06. The highest BCUT2D eigenvalue weighted by Gasteiger charge is 2.59. The fourth-order valence-corrected chi connectivity index (χ4v) is 4.06. The Morgan fingerprint density at radius 2 is 1.69 bits per heavy atom. The molecule has 2 fully saturated rings. The van der Waals surface area contributed by atoms with Crippen LogP contribution in [0.25, 0.3) is 0 Å². The molecule has 3 heterocycles. The molecule has 7 heteroatoms. The molecule has 3 N–H and O–H groups in total. The van der Waals surface area contributed by atoms with Gasteiger partial charge in [0.15, 0.2) is 23.0 Å². The first-order valence-electron chi connectivity index (χ1n) is 8.43. The monoisotopic (exact) mass is 358 g/mol. The van der Waals surface area contributed by atoms with Crippen LogP contribution in [0.5, 0.6) is 23.0 Å². The maximum Gasteiger partial charge on any atom is 0.231 e. The van der Waals surface area contributed by atoms with E-state index in [1.807, 2.05) is 18.2 Å². The average Bonchev–Trinajstić information content (AvgIpc) is 3.30. The van der Waals surface area contributed by atoms with Gasteiger partial charge in [0.05, 0.1) is 19.3 Å².